The molecule has 7 heteroatoms. The number of aromatic nitrogens is 2. The molecule has 6 nitrogen and oxygen atoms in total. The highest BCUT2D eigenvalue weighted by Gasteiger charge is 2.19. The first-order valence-electron chi connectivity index (χ1n) is 10.7. The molecule has 4 aromatic rings. The molecule has 0 spiro atoms. The smallest absolute Gasteiger partial charge is 0.256 e. The van der Waals surface area contributed by atoms with E-state index in [2.05, 4.69) is 10.3 Å². The van der Waals surface area contributed by atoms with Crippen molar-refractivity contribution >= 4 is 11.7 Å². The summed E-state index contributed by atoms with van der Waals surface area (Å²) >= 11 is 0. The molecule has 1 N–H and O–H groups in total. The third-order valence-corrected chi connectivity index (χ3v) is 5.39. The predicted octanol–water partition coefficient (Wildman–Crippen LogP) is 5.15. The lowest BCUT2D eigenvalue weighted by Gasteiger charge is -2.13. The Bertz CT molecular complexity index is 1270. The largest absolute Gasteiger partial charge is 0.490 e. The molecule has 2 heterocycles. The van der Waals surface area contributed by atoms with Gasteiger partial charge in [-0.05, 0) is 48.0 Å². The van der Waals surface area contributed by atoms with Gasteiger partial charge in [-0.2, -0.15) is 0 Å². The van der Waals surface area contributed by atoms with E-state index in [0.29, 0.717) is 53.9 Å². The molecule has 3 aromatic carbocycles. The van der Waals surface area contributed by atoms with E-state index in [1.54, 1.807) is 36.7 Å². The number of carbonyl (C=O) groups is 1. The zero-order valence-electron chi connectivity index (χ0n) is 17.8. The summed E-state index contributed by atoms with van der Waals surface area (Å²) in [5.41, 5.74) is 2.77. The minimum Gasteiger partial charge on any atom is -0.490 e. The van der Waals surface area contributed by atoms with Gasteiger partial charge in [-0.15, -0.1) is 0 Å². The van der Waals surface area contributed by atoms with Gasteiger partial charge >= 0.3 is 0 Å². The van der Waals surface area contributed by atoms with Gasteiger partial charge in [-0.3, -0.25) is 4.79 Å². The van der Waals surface area contributed by atoms with Gasteiger partial charge in [-0.1, -0.05) is 30.3 Å². The lowest BCUT2D eigenvalue weighted by Crippen LogP contribution is -2.16. The molecule has 1 aliphatic rings. The van der Waals surface area contributed by atoms with Crippen LogP contribution in [0, 0.1) is 5.82 Å². The van der Waals surface area contributed by atoms with Crippen molar-refractivity contribution < 1.29 is 18.7 Å². The second-order valence-electron chi connectivity index (χ2n) is 7.73. The zero-order valence-corrected chi connectivity index (χ0v) is 17.8. The number of amides is 1. The van der Waals surface area contributed by atoms with Crippen LogP contribution in [-0.2, 0) is 6.54 Å². The Balaban J connectivity index is 1.48. The summed E-state index contributed by atoms with van der Waals surface area (Å²) in [5, 5.41) is 3.00. The van der Waals surface area contributed by atoms with E-state index in [4.69, 9.17) is 9.47 Å². The summed E-state index contributed by atoms with van der Waals surface area (Å²) in [5.74, 6) is 1.08. The summed E-state index contributed by atoms with van der Waals surface area (Å²) in [6.07, 6.45) is 2.46. The van der Waals surface area contributed by atoms with Crippen LogP contribution >= 0.6 is 0 Å². The first-order valence-corrected chi connectivity index (χ1v) is 10.7. The Morgan fingerprint density at radius 3 is 2.52 bits per heavy atom. The molecule has 33 heavy (non-hydrogen) atoms. The maximum atomic E-state index is 13.5. The van der Waals surface area contributed by atoms with Crippen LogP contribution < -0.4 is 14.8 Å². The molecule has 1 aromatic heterocycles. The van der Waals surface area contributed by atoms with Crippen molar-refractivity contribution in [3.63, 3.8) is 0 Å². The van der Waals surface area contributed by atoms with E-state index in [1.807, 2.05) is 34.9 Å². The van der Waals surface area contributed by atoms with Crippen molar-refractivity contribution in [2.75, 3.05) is 18.5 Å². The quantitative estimate of drug-likeness (QED) is 0.463. The molecule has 1 aliphatic heterocycles. The fourth-order valence-electron chi connectivity index (χ4n) is 3.72. The first kappa shape index (κ1) is 20.8. The van der Waals surface area contributed by atoms with E-state index in [0.717, 1.165) is 12.0 Å². The van der Waals surface area contributed by atoms with Crippen LogP contribution in [0.25, 0.3) is 11.3 Å². The van der Waals surface area contributed by atoms with Crippen molar-refractivity contribution in [2.24, 2.45) is 0 Å². The fraction of sp³-hybridized carbons (Fsp3) is 0.154. The maximum absolute atomic E-state index is 13.5. The van der Waals surface area contributed by atoms with E-state index < -0.39 is 0 Å². The Morgan fingerprint density at radius 1 is 0.970 bits per heavy atom. The van der Waals surface area contributed by atoms with Gasteiger partial charge in [0, 0.05) is 17.5 Å². The normalized spacial score (nSPS) is 12.8. The van der Waals surface area contributed by atoms with Crippen LogP contribution in [0.15, 0.2) is 79.1 Å². The molecule has 0 saturated heterocycles. The summed E-state index contributed by atoms with van der Waals surface area (Å²) in [6, 6.07) is 21.1. The van der Waals surface area contributed by atoms with Gasteiger partial charge in [0.05, 0.1) is 26.1 Å². The van der Waals surface area contributed by atoms with Gasteiger partial charge in [0.15, 0.2) is 11.5 Å². The molecule has 0 fully saturated rings. The second-order valence-corrected chi connectivity index (χ2v) is 7.73. The van der Waals surface area contributed by atoms with Gasteiger partial charge in [0.25, 0.3) is 5.91 Å². The number of halogens is 1. The molecule has 166 valence electrons. The van der Waals surface area contributed by atoms with Gasteiger partial charge in [-0.25, -0.2) is 9.37 Å². The topological polar surface area (TPSA) is 65.4 Å². The average molecular weight is 443 g/mol. The highest BCUT2D eigenvalue weighted by atomic mass is 19.1. The van der Waals surface area contributed by atoms with Crippen molar-refractivity contribution in [3.05, 3.63) is 96.1 Å². The van der Waals surface area contributed by atoms with Crippen molar-refractivity contribution in [3.8, 4) is 22.8 Å². The number of nitrogens with one attached hydrogen (secondary N) is 1. The van der Waals surface area contributed by atoms with E-state index in [1.165, 1.54) is 12.1 Å². The first-order chi connectivity index (χ1) is 16.2. The van der Waals surface area contributed by atoms with Crippen LogP contribution in [-0.4, -0.2) is 28.7 Å². The molecule has 1 amide bonds. The number of hydrogen-bond acceptors (Lipinski definition) is 4. The average Bonchev–Trinajstić information content (AvgIpc) is 3.06. The zero-order chi connectivity index (χ0) is 22.6. The summed E-state index contributed by atoms with van der Waals surface area (Å²) < 4.78 is 26.7. The predicted molar refractivity (Wildman–Crippen MR) is 123 cm³/mol. The van der Waals surface area contributed by atoms with Crippen molar-refractivity contribution in [1.82, 2.24) is 9.55 Å². The highest BCUT2D eigenvalue weighted by molar-refractivity contribution is 6.05. The minimum atomic E-state index is -0.333. The lowest BCUT2D eigenvalue weighted by atomic mass is 10.1. The van der Waals surface area contributed by atoms with Gasteiger partial charge in [0.1, 0.15) is 17.3 Å². The second kappa shape index (κ2) is 9.16. The summed E-state index contributed by atoms with van der Waals surface area (Å²) in [6.45, 7) is 1.64. The number of nitrogens with zero attached hydrogens (tertiary/aromatic N) is 2. The van der Waals surface area contributed by atoms with Crippen LogP contribution in [0.3, 0.4) is 0 Å². The third-order valence-electron chi connectivity index (χ3n) is 5.39. The standard InChI is InChI=1S/C26H22FN3O3/c27-21-10-7-19(8-11-21)24-25(30(17-28-24)16-18-5-2-1-3-6-18)29-26(31)20-9-12-22-23(15-20)33-14-4-13-32-22/h1-3,5-12,15,17H,4,13-14,16H2,(H,29,31). The summed E-state index contributed by atoms with van der Waals surface area (Å²) in [4.78, 5) is 17.7. The molecule has 0 aliphatic carbocycles. The molecule has 0 unspecified atom stereocenters. The van der Waals surface area contributed by atoms with E-state index in [9.17, 15) is 9.18 Å². The Labute approximate surface area is 190 Å². The number of fused-ring (bicyclic) bond motifs is 1. The molecule has 0 saturated carbocycles. The van der Waals surface area contributed by atoms with E-state index in [-0.39, 0.29) is 11.7 Å². The Morgan fingerprint density at radius 2 is 1.73 bits per heavy atom. The highest BCUT2D eigenvalue weighted by Crippen LogP contribution is 2.32. The molecule has 0 radical (unpaired) electrons. The van der Waals surface area contributed by atoms with Crippen LogP contribution in [0.1, 0.15) is 22.3 Å². The lowest BCUT2D eigenvalue weighted by molar-refractivity contribution is 0.102. The molecular weight excluding hydrogens is 421 g/mol. The monoisotopic (exact) mass is 443 g/mol. The molecule has 5 rings (SSSR count). The number of carbonyl (C=O) groups excluding carboxylic acids is 1. The van der Waals surface area contributed by atoms with Crippen molar-refractivity contribution in [2.45, 2.75) is 13.0 Å². The Kier molecular flexibility index (Phi) is 5.76. The number of hydrogen-bond donors (Lipinski definition) is 1. The van der Waals surface area contributed by atoms with Crippen LogP contribution in [0.2, 0.25) is 0 Å². The van der Waals surface area contributed by atoms with E-state index >= 15 is 0 Å². The number of anilines is 1. The van der Waals surface area contributed by atoms with Crippen LogP contribution in [0.4, 0.5) is 10.2 Å². The molecular formula is C26H22FN3O3. The molecule has 0 atom stereocenters. The van der Waals surface area contributed by atoms with Gasteiger partial charge < -0.3 is 19.4 Å². The van der Waals surface area contributed by atoms with Gasteiger partial charge in [0.2, 0.25) is 0 Å². The Hall–Kier alpha value is -4.13. The van der Waals surface area contributed by atoms with Crippen molar-refractivity contribution in [1.29, 1.82) is 0 Å². The third kappa shape index (κ3) is 4.57. The summed E-state index contributed by atoms with van der Waals surface area (Å²) in [7, 11) is 0. The minimum absolute atomic E-state index is 0.302. The number of ether oxygens (including phenoxy) is 2. The molecule has 0 bridgehead atoms. The number of rotatable bonds is 5. The maximum Gasteiger partial charge on any atom is 0.256 e. The number of benzene rings is 3. The fourth-order valence-corrected chi connectivity index (χ4v) is 3.72. The van der Waals surface area contributed by atoms with Crippen LogP contribution in [0.5, 0.6) is 11.5 Å². The number of imidazole rings is 1. The SMILES string of the molecule is O=C(Nc1c(-c2ccc(F)cc2)ncn1Cc1ccccc1)c1ccc2c(c1)OCCCO2.